The van der Waals surface area contributed by atoms with Crippen LogP contribution in [-0.4, -0.2) is 0 Å². The van der Waals surface area contributed by atoms with Gasteiger partial charge >= 0.3 is 0 Å². The van der Waals surface area contributed by atoms with E-state index in [9.17, 15) is 0 Å². The van der Waals surface area contributed by atoms with E-state index in [1.165, 1.54) is 111 Å². The van der Waals surface area contributed by atoms with Gasteiger partial charge in [0.1, 0.15) is 0 Å². The van der Waals surface area contributed by atoms with Gasteiger partial charge in [0.2, 0.25) is 0 Å². The fourth-order valence-corrected chi connectivity index (χ4v) is 4.48. The number of benzene rings is 3. The molecule has 0 spiro atoms. The maximum Gasteiger partial charge on any atom is -0.0103 e. The summed E-state index contributed by atoms with van der Waals surface area (Å²) < 4.78 is 0. The smallest absolute Gasteiger partial charge is 0.0103 e. The molecule has 0 fully saturated rings. The second-order valence-electron chi connectivity index (χ2n) is 8.44. The van der Waals surface area contributed by atoms with Crippen molar-refractivity contribution in [1.29, 1.82) is 0 Å². The van der Waals surface area contributed by atoms with Gasteiger partial charge in [0.05, 0.1) is 0 Å². The van der Waals surface area contributed by atoms with Gasteiger partial charge in [0.25, 0.3) is 0 Å². The summed E-state index contributed by atoms with van der Waals surface area (Å²) in [6, 6.07) is 20.2. The van der Waals surface area contributed by atoms with E-state index >= 15 is 0 Å². The zero-order chi connectivity index (χ0) is 19.4. The highest BCUT2D eigenvalue weighted by Crippen LogP contribution is 2.28. The summed E-state index contributed by atoms with van der Waals surface area (Å²) in [7, 11) is 0. The standard InChI is InChI=1S/C28H38/c1-2-3-4-5-6-7-8-9-10-11-12-13-17-24-19-16-21-28-26-20-15-14-18-25(26)22-23-27(24)28/h14-16,18-23H,2-13,17H2,1H3. The SMILES string of the molecule is CCCCCCCCCCCCCCc1cccc2c1ccc1ccccc12. The van der Waals surface area contributed by atoms with Crippen molar-refractivity contribution in [2.75, 3.05) is 0 Å². The lowest BCUT2D eigenvalue weighted by Gasteiger charge is -2.09. The predicted molar refractivity (Wildman–Crippen MR) is 126 cm³/mol. The number of hydrogen-bond donors (Lipinski definition) is 0. The summed E-state index contributed by atoms with van der Waals surface area (Å²) in [6.45, 7) is 2.29. The van der Waals surface area contributed by atoms with E-state index in [1.54, 1.807) is 0 Å². The average Bonchev–Trinajstić information content (AvgIpc) is 2.74. The molecule has 150 valence electrons. The molecule has 0 radical (unpaired) electrons. The van der Waals surface area contributed by atoms with E-state index in [0.717, 1.165) is 0 Å². The molecule has 0 N–H and O–H groups in total. The van der Waals surface area contributed by atoms with Gasteiger partial charge in [-0.15, -0.1) is 0 Å². The van der Waals surface area contributed by atoms with Gasteiger partial charge in [-0.05, 0) is 39.9 Å². The molecule has 0 unspecified atom stereocenters. The van der Waals surface area contributed by atoms with Crippen molar-refractivity contribution < 1.29 is 0 Å². The zero-order valence-electron chi connectivity index (χ0n) is 17.9. The summed E-state index contributed by atoms with van der Waals surface area (Å²) in [5.74, 6) is 0. The lowest BCUT2D eigenvalue weighted by molar-refractivity contribution is 0.544. The van der Waals surface area contributed by atoms with Crippen LogP contribution in [0, 0.1) is 0 Å². The van der Waals surface area contributed by atoms with Crippen LogP contribution < -0.4 is 0 Å². The highest BCUT2D eigenvalue weighted by atomic mass is 14.1. The Labute approximate surface area is 172 Å². The number of unbranched alkanes of at least 4 members (excludes halogenated alkanes) is 11. The molecule has 3 rings (SSSR count). The normalized spacial score (nSPS) is 11.5. The van der Waals surface area contributed by atoms with Gasteiger partial charge in [-0.1, -0.05) is 132 Å². The molecule has 0 heterocycles. The van der Waals surface area contributed by atoms with Crippen molar-refractivity contribution in [3.05, 3.63) is 60.2 Å². The first-order valence-corrected chi connectivity index (χ1v) is 11.8. The monoisotopic (exact) mass is 374 g/mol. The highest BCUT2D eigenvalue weighted by molar-refractivity contribution is 6.08. The first kappa shape index (κ1) is 20.9. The van der Waals surface area contributed by atoms with Gasteiger partial charge in [-0.25, -0.2) is 0 Å². The van der Waals surface area contributed by atoms with Crippen LogP contribution in [0.5, 0.6) is 0 Å². The third-order valence-corrected chi connectivity index (χ3v) is 6.18. The minimum atomic E-state index is 1.22. The Morgan fingerprint density at radius 2 is 1.07 bits per heavy atom. The van der Waals surface area contributed by atoms with Crippen molar-refractivity contribution >= 4 is 21.5 Å². The quantitative estimate of drug-likeness (QED) is 0.206. The van der Waals surface area contributed by atoms with Crippen molar-refractivity contribution in [2.24, 2.45) is 0 Å². The summed E-state index contributed by atoms with van der Waals surface area (Å²) in [5.41, 5.74) is 1.52. The van der Waals surface area contributed by atoms with E-state index < -0.39 is 0 Å². The summed E-state index contributed by atoms with van der Waals surface area (Å²) >= 11 is 0. The Hall–Kier alpha value is -1.82. The largest absolute Gasteiger partial charge is 0.0654 e. The molecule has 0 aliphatic heterocycles. The number of rotatable bonds is 13. The third kappa shape index (κ3) is 6.09. The summed E-state index contributed by atoms with van der Waals surface area (Å²) in [4.78, 5) is 0. The third-order valence-electron chi connectivity index (χ3n) is 6.18. The van der Waals surface area contributed by atoms with E-state index in [2.05, 4.69) is 61.5 Å². The number of aryl methyl sites for hydroxylation is 1. The molecule has 28 heavy (non-hydrogen) atoms. The molecule has 0 saturated carbocycles. The Bertz CT molecular complexity index is 830. The minimum absolute atomic E-state index is 1.22. The van der Waals surface area contributed by atoms with Crippen molar-refractivity contribution in [1.82, 2.24) is 0 Å². The van der Waals surface area contributed by atoms with E-state index in [0.29, 0.717) is 0 Å². The van der Waals surface area contributed by atoms with E-state index in [-0.39, 0.29) is 0 Å². The molecular weight excluding hydrogens is 336 g/mol. The lowest BCUT2D eigenvalue weighted by atomic mass is 9.95. The minimum Gasteiger partial charge on any atom is -0.0654 e. The Morgan fingerprint density at radius 1 is 0.464 bits per heavy atom. The highest BCUT2D eigenvalue weighted by Gasteiger charge is 2.04. The fraction of sp³-hybridized carbons (Fsp3) is 0.500. The second-order valence-corrected chi connectivity index (χ2v) is 8.44. The van der Waals surface area contributed by atoms with Crippen LogP contribution in [0.25, 0.3) is 21.5 Å². The lowest BCUT2D eigenvalue weighted by Crippen LogP contribution is -1.89. The maximum absolute atomic E-state index is 2.33. The Balaban J connectivity index is 1.36. The van der Waals surface area contributed by atoms with Crippen LogP contribution in [0.4, 0.5) is 0 Å². The first-order valence-electron chi connectivity index (χ1n) is 11.8. The first-order chi connectivity index (χ1) is 13.9. The predicted octanol–water partition coefficient (Wildman–Crippen LogP) is 9.24. The number of fused-ring (bicyclic) bond motifs is 3. The molecule has 0 nitrogen and oxygen atoms in total. The number of hydrogen-bond acceptors (Lipinski definition) is 0. The maximum atomic E-state index is 2.33. The molecule has 0 aliphatic carbocycles. The molecule has 0 heteroatoms. The van der Waals surface area contributed by atoms with Crippen molar-refractivity contribution in [2.45, 2.75) is 90.4 Å². The van der Waals surface area contributed by atoms with Crippen LogP contribution >= 0.6 is 0 Å². The zero-order valence-corrected chi connectivity index (χ0v) is 17.9. The van der Waals surface area contributed by atoms with Crippen LogP contribution in [0.15, 0.2) is 54.6 Å². The fourth-order valence-electron chi connectivity index (χ4n) is 4.48. The molecule has 3 aromatic rings. The van der Waals surface area contributed by atoms with E-state index in [4.69, 9.17) is 0 Å². The Kier molecular flexibility index (Phi) is 8.88. The van der Waals surface area contributed by atoms with Gasteiger partial charge in [0.15, 0.2) is 0 Å². The molecular formula is C28H38. The van der Waals surface area contributed by atoms with Crippen LogP contribution in [0.1, 0.15) is 89.5 Å². The molecule has 0 bridgehead atoms. The molecule has 0 amide bonds. The van der Waals surface area contributed by atoms with Crippen LogP contribution in [0.3, 0.4) is 0 Å². The average molecular weight is 375 g/mol. The van der Waals surface area contributed by atoms with Gasteiger partial charge in [-0.3, -0.25) is 0 Å². The summed E-state index contributed by atoms with van der Waals surface area (Å²) in [5, 5.41) is 5.59. The van der Waals surface area contributed by atoms with E-state index in [1.807, 2.05) is 0 Å². The van der Waals surface area contributed by atoms with Crippen molar-refractivity contribution in [3.63, 3.8) is 0 Å². The van der Waals surface area contributed by atoms with Gasteiger partial charge < -0.3 is 0 Å². The van der Waals surface area contributed by atoms with Crippen molar-refractivity contribution in [3.8, 4) is 0 Å². The second kappa shape index (κ2) is 11.9. The van der Waals surface area contributed by atoms with Gasteiger partial charge in [-0.2, -0.15) is 0 Å². The molecule has 3 aromatic carbocycles. The van der Waals surface area contributed by atoms with Gasteiger partial charge in [0, 0.05) is 0 Å². The molecule has 0 atom stereocenters. The Morgan fingerprint density at radius 3 is 1.79 bits per heavy atom. The van der Waals surface area contributed by atoms with Crippen LogP contribution in [0.2, 0.25) is 0 Å². The summed E-state index contributed by atoms with van der Waals surface area (Å²) in [6.07, 6.45) is 18.2. The molecule has 0 aromatic heterocycles. The topological polar surface area (TPSA) is 0 Å². The van der Waals surface area contributed by atoms with Crippen LogP contribution in [-0.2, 0) is 6.42 Å². The molecule has 0 saturated heterocycles. The molecule has 0 aliphatic rings.